The third-order valence-electron chi connectivity index (χ3n) is 2.57. The average molecular weight is 239 g/mol. The SMILES string of the molecule is CSCCOc1cncc(N2CCCC2)n1. The van der Waals surface area contributed by atoms with Crippen LogP contribution in [0.1, 0.15) is 12.8 Å². The van der Waals surface area contributed by atoms with Gasteiger partial charge in [-0.3, -0.25) is 4.98 Å². The fourth-order valence-corrected chi connectivity index (χ4v) is 1.99. The molecule has 1 fully saturated rings. The maximum atomic E-state index is 5.53. The first kappa shape index (κ1) is 11.5. The number of ether oxygens (including phenoxy) is 1. The molecule has 88 valence electrons. The lowest BCUT2D eigenvalue weighted by Gasteiger charge is -2.16. The zero-order chi connectivity index (χ0) is 11.2. The van der Waals surface area contributed by atoms with E-state index in [4.69, 9.17) is 4.74 Å². The van der Waals surface area contributed by atoms with Crippen LogP contribution in [0, 0.1) is 0 Å². The van der Waals surface area contributed by atoms with Crippen LogP contribution in [0.2, 0.25) is 0 Å². The maximum absolute atomic E-state index is 5.53. The molecule has 2 rings (SSSR count). The molecule has 0 atom stereocenters. The molecule has 0 spiro atoms. The Bertz CT molecular complexity index is 329. The van der Waals surface area contributed by atoms with Gasteiger partial charge in [0.05, 0.1) is 19.0 Å². The molecule has 1 aromatic rings. The number of rotatable bonds is 5. The molecule has 16 heavy (non-hydrogen) atoms. The van der Waals surface area contributed by atoms with Gasteiger partial charge >= 0.3 is 0 Å². The van der Waals surface area contributed by atoms with E-state index in [9.17, 15) is 0 Å². The van der Waals surface area contributed by atoms with Gasteiger partial charge in [-0.25, -0.2) is 0 Å². The molecule has 0 saturated carbocycles. The van der Waals surface area contributed by atoms with E-state index in [0.29, 0.717) is 12.5 Å². The molecule has 5 heteroatoms. The van der Waals surface area contributed by atoms with Crippen molar-refractivity contribution in [2.45, 2.75) is 12.8 Å². The number of hydrogen-bond donors (Lipinski definition) is 0. The van der Waals surface area contributed by atoms with Gasteiger partial charge in [0, 0.05) is 18.8 Å². The van der Waals surface area contributed by atoms with E-state index in [2.05, 4.69) is 21.1 Å². The van der Waals surface area contributed by atoms with Crippen LogP contribution in [-0.2, 0) is 0 Å². The monoisotopic (exact) mass is 239 g/mol. The van der Waals surface area contributed by atoms with Gasteiger partial charge in [-0.05, 0) is 19.1 Å². The number of hydrogen-bond acceptors (Lipinski definition) is 5. The highest BCUT2D eigenvalue weighted by molar-refractivity contribution is 7.98. The molecule has 4 nitrogen and oxygen atoms in total. The van der Waals surface area contributed by atoms with E-state index < -0.39 is 0 Å². The maximum Gasteiger partial charge on any atom is 0.234 e. The second-order valence-corrected chi connectivity index (χ2v) is 4.74. The highest BCUT2D eigenvalue weighted by Crippen LogP contribution is 2.18. The van der Waals surface area contributed by atoms with Crippen molar-refractivity contribution in [2.75, 3.05) is 36.6 Å². The topological polar surface area (TPSA) is 38.2 Å². The van der Waals surface area contributed by atoms with Gasteiger partial charge in [0.1, 0.15) is 0 Å². The Kier molecular flexibility index (Phi) is 4.27. The first-order valence-corrected chi connectivity index (χ1v) is 6.98. The van der Waals surface area contributed by atoms with Crippen LogP contribution in [0.25, 0.3) is 0 Å². The van der Waals surface area contributed by atoms with E-state index >= 15 is 0 Å². The van der Waals surface area contributed by atoms with Crippen LogP contribution in [0.3, 0.4) is 0 Å². The summed E-state index contributed by atoms with van der Waals surface area (Å²) in [6, 6.07) is 0. The highest BCUT2D eigenvalue weighted by Gasteiger charge is 2.14. The van der Waals surface area contributed by atoms with Crippen LogP contribution >= 0.6 is 11.8 Å². The van der Waals surface area contributed by atoms with Gasteiger partial charge in [0.25, 0.3) is 0 Å². The average Bonchev–Trinajstić information content (AvgIpc) is 2.83. The third-order valence-corrected chi connectivity index (χ3v) is 3.14. The Morgan fingerprint density at radius 2 is 2.19 bits per heavy atom. The summed E-state index contributed by atoms with van der Waals surface area (Å²) in [7, 11) is 0. The minimum Gasteiger partial charge on any atom is -0.476 e. The molecule has 0 radical (unpaired) electrons. The summed E-state index contributed by atoms with van der Waals surface area (Å²) in [5.41, 5.74) is 0. The molecule has 0 amide bonds. The van der Waals surface area contributed by atoms with E-state index in [1.165, 1.54) is 12.8 Å². The van der Waals surface area contributed by atoms with E-state index in [1.54, 1.807) is 18.0 Å². The minimum atomic E-state index is 0.637. The molecule has 0 unspecified atom stereocenters. The number of anilines is 1. The van der Waals surface area contributed by atoms with Crippen molar-refractivity contribution in [1.29, 1.82) is 0 Å². The third kappa shape index (κ3) is 3.01. The van der Waals surface area contributed by atoms with Crippen LogP contribution in [0.15, 0.2) is 12.4 Å². The van der Waals surface area contributed by atoms with Gasteiger partial charge in [-0.2, -0.15) is 16.7 Å². The van der Waals surface area contributed by atoms with Gasteiger partial charge in [-0.1, -0.05) is 0 Å². The first-order valence-electron chi connectivity index (χ1n) is 5.59. The normalized spacial score (nSPS) is 15.4. The van der Waals surface area contributed by atoms with Crippen LogP contribution in [0.5, 0.6) is 5.88 Å². The summed E-state index contributed by atoms with van der Waals surface area (Å²) in [6.45, 7) is 2.87. The molecular weight excluding hydrogens is 222 g/mol. The molecule has 1 aliphatic rings. The molecule has 0 aromatic carbocycles. The van der Waals surface area contributed by atoms with Gasteiger partial charge in [0.2, 0.25) is 5.88 Å². The number of nitrogens with zero attached hydrogens (tertiary/aromatic N) is 3. The molecule has 1 aliphatic heterocycles. The van der Waals surface area contributed by atoms with E-state index in [1.807, 2.05) is 6.20 Å². The van der Waals surface area contributed by atoms with Crippen molar-refractivity contribution in [1.82, 2.24) is 9.97 Å². The Morgan fingerprint density at radius 3 is 2.94 bits per heavy atom. The van der Waals surface area contributed by atoms with Crippen LogP contribution in [0.4, 0.5) is 5.82 Å². The quantitative estimate of drug-likeness (QED) is 0.733. The molecule has 1 saturated heterocycles. The van der Waals surface area contributed by atoms with E-state index in [-0.39, 0.29) is 0 Å². The molecule has 0 N–H and O–H groups in total. The Labute approximate surface area is 100 Å². The molecular formula is C11H17N3OS. The predicted molar refractivity (Wildman–Crippen MR) is 67.4 cm³/mol. The summed E-state index contributed by atoms with van der Waals surface area (Å²) in [4.78, 5) is 10.9. The Hall–Kier alpha value is -0.970. The fourth-order valence-electron chi connectivity index (χ4n) is 1.74. The van der Waals surface area contributed by atoms with Crippen molar-refractivity contribution in [3.63, 3.8) is 0 Å². The van der Waals surface area contributed by atoms with Crippen LogP contribution in [-0.4, -0.2) is 41.7 Å². The van der Waals surface area contributed by atoms with Crippen molar-refractivity contribution >= 4 is 17.6 Å². The smallest absolute Gasteiger partial charge is 0.234 e. The summed E-state index contributed by atoms with van der Waals surface area (Å²) in [6.07, 6.45) is 8.06. The van der Waals surface area contributed by atoms with Crippen molar-refractivity contribution in [3.8, 4) is 5.88 Å². The lowest BCUT2D eigenvalue weighted by atomic mass is 10.4. The van der Waals surface area contributed by atoms with Crippen molar-refractivity contribution in [3.05, 3.63) is 12.4 Å². The van der Waals surface area contributed by atoms with Crippen LogP contribution < -0.4 is 9.64 Å². The lowest BCUT2D eigenvalue weighted by molar-refractivity contribution is 0.329. The minimum absolute atomic E-state index is 0.637. The standard InChI is InChI=1S/C11H17N3OS/c1-16-7-6-15-11-9-12-8-10(13-11)14-4-2-3-5-14/h8-9H,2-7H2,1H3. The summed E-state index contributed by atoms with van der Waals surface area (Å²) in [5.74, 6) is 2.56. The van der Waals surface area contributed by atoms with Crippen molar-refractivity contribution < 1.29 is 4.74 Å². The van der Waals surface area contributed by atoms with Gasteiger partial charge in [0.15, 0.2) is 5.82 Å². The molecule has 1 aromatic heterocycles. The first-order chi connectivity index (χ1) is 7.90. The Morgan fingerprint density at radius 1 is 1.38 bits per heavy atom. The van der Waals surface area contributed by atoms with E-state index in [0.717, 1.165) is 24.7 Å². The highest BCUT2D eigenvalue weighted by atomic mass is 32.2. The largest absolute Gasteiger partial charge is 0.476 e. The second kappa shape index (κ2) is 5.94. The molecule has 2 heterocycles. The van der Waals surface area contributed by atoms with Gasteiger partial charge in [-0.15, -0.1) is 0 Å². The van der Waals surface area contributed by atoms with Gasteiger partial charge < -0.3 is 9.64 Å². The second-order valence-electron chi connectivity index (χ2n) is 3.75. The Balaban J connectivity index is 1.95. The summed E-state index contributed by atoms with van der Waals surface area (Å²) >= 11 is 1.77. The number of aromatic nitrogens is 2. The lowest BCUT2D eigenvalue weighted by Crippen LogP contribution is -2.19. The molecule has 0 aliphatic carbocycles. The summed E-state index contributed by atoms with van der Waals surface area (Å²) in [5, 5.41) is 0. The predicted octanol–water partition coefficient (Wildman–Crippen LogP) is 1.82. The summed E-state index contributed by atoms with van der Waals surface area (Å²) < 4.78 is 5.53. The zero-order valence-corrected chi connectivity index (χ0v) is 10.4. The molecule has 0 bridgehead atoms. The zero-order valence-electron chi connectivity index (χ0n) is 9.56. The van der Waals surface area contributed by atoms with Crippen molar-refractivity contribution in [2.24, 2.45) is 0 Å². The fraction of sp³-hybridized carbons (Fsp3) is 0.636. The number of thioether (sulfide) groups is 1.